The van der Waals surface area contributed by atoms with Crippen molar-refractivity contribution in [2.75, 3.05) is 20.1 Å². The van der Waals surface area contributed by atoms with Gasteiger partial charge in [-0.2, -0.15) is 0 Å². The SMILES string of the molecule is CC(CN)CC(=O)N(C)CCc1ccc(Br)cc1. The van der Waals surface area contributed by atoms with E-state index in [-0.39, 0.29) is 11.8 Å². The van der Waals surface area contributed by atoms with Crippen molar-refractivity contribution < 1.29 is 4.79 Å². The van der Waals surface area contributed by atoms with E-state index in [1.807, 2.05) is 26.1 Å². The quantitative estimate of drug-likeness (QED) is 0.877. The standard InChI is InChI=1S/C14H21BrN2O/c1-11(10-16)9-14(18)17(2)8-7-12-3-5-13(15)6-4-12/h3-6,11H,7-10,16H2,1-2H3. The van der Waals surface area contributed by atoms with E-state index in [9.17, 15) is 4.79 Å². The van der Waals surface area contributed by atoms with E-state index in [0.29, 0.717) is 13.0 Å². The van der Waals surface area contributed by atoms with Gasteiger partial charge in [0.05, 0.1) is 0 Å². The molecule has 0 heterocycles. The highest BCUT2D eigenvalue weighted by Gasteiger charge is 2.12. The summed E-state index contributed by atoms with van der Waals surface area (Å²) in [4.78, 5) is 13.6. The van der Waals surface area contributed by atoms with Crippen LogP contribution in [0, 0.1) is 5.92 Å². The second kappa shape index (κ2) is 7.54. The lowest BCUT2D eigenvalue weighted by molar-refractivity contribution is -0.130. The van der Waals surface area contributed by atoms with Crippen LogP contribution < -0.4 is 5.73 Å². The van der Waals surface area contributed by atoms with Crippen LogP contribution in [0.2, 0.25) is 0 Å². The van der Waals surface area contributed by atoms with Crippen molar-refractivity contribution in [2.24, 2.45) is 11.7 Å². The van der Waals surface area contributed by atoms with Gasteiger partial charge in [-0.25, -0.2) is 0 Å². The van der Waals surface area contributed by atoms with Crippen LogP contribution in [-0.4, -0.2) is 30.9 Å². The zero-order valence-electron chi connectivity index (χ0n) is 11.0. The topological polar surface area (TPSA) is 46.3 Å². The van der Waals surface area contributed by atoms with Crippen molar-refractivity contribution in [3.8, 4) is 0 Å². The minimum absolute atomic E-state index is 0.171. The smallest absolute Gasteiger partial charge is 0.222 e. The zero-order chi connectivity index (χ0) is 13.5. The second-order valence-corrected chi connectivity index (χ2v) is 5.65. The van der Waals surface area contributed by atoms with Crippen LogP contribution in [0.1, 0.15) is 18.9 Å². The third-order valence-electron chi connectivity index (χ3n) is 3.00. The van der Waals surface area contributed by atoms with Gasteiger partial charge in [-0.3, -0.25) is 4.79 Å². The first-order valence-electron chi connectivity index (χ1n) is 6.21. The molecule has 100 valence electrons. The number of likely N-dealkylation sites (N-methyl/N-ethyl adjacent to an activating group) is 1. The number of benzene rings is 1. The van der Waals surface area contributed by atoms with E-state index < -0.39 is 0 Å². The van der Waals surface area contributed by atoms with Gasteiger partial charge in [-0.1, -0.05) is 35.0 Å². The lowest BCUT2D eigenvalue weighted by Gasteiger charge is -2.19. The predicted molar refractivity (Wildman–Crippen MR) is 78.3 cm³/mol. The van der Waals surface area contributed by atoms with Gasteiger partial charge < -0.3 is 10.6 Å². The Morgan fingerprint density at radius 3 is 2.56 bits per heavy atom. The number of rotatable bonds is 6. The van der Waals surface area contributed by atoms with E-state index in [4.69, 9.17) is 5.73 Å². The van der Waals surface area contributed by atoms with Gasteiger partial charge in [-0.15, -0.1) is 0 Å². The number of hydrogen-bond acceptors (Lipinski definition) is 2. The fourth-order valence-corrected chi connectivity index (χ4v) is 1.87. The monoisotopic (exact) mass is 312 g/mol. The van der Waals surface area contributed by atoms with Crippen molar-refractivity contribution in [1.29, 1.82) is 0 Å². The summed E-state index contributed by atoms with van der Waals surface area (Å²) in [7, 11) is 1.85. The molecule has 0 aliphatic heterocycles. The summed E-state index contributed by atoms with van der Waals surface area (Å²) in [5, 5.41) is 0. The van der Waals surface area contributed by atoms with Crippen LogP contribution in [0.4, 0.5) is 0 Å². The molecular formula is C14H21BrN2O. The second-order valence-electron chi connectivity index (χ2n) is 4.74. The molecule has 1 amide bonds. The third-order valence-corrected chi connectivity index (χ3v) is 3.53. The first-order chi connectivity index (χ1) is 8.52. The Balaban J connectivity index is 2.38. The lowest BCUT2D eigenvalue weighted by atomic mass is 10.1. The molecule has 4 heteroatoms. The molecular weight excluding hydrogens is 292 g/mol. The molecule has 0 saturated carbocycles. The Morgan fingerprint density at radius 1 is 1.39 bits per heavy atom. The summed E-state index contributed by atoms with van der Waals surface area (Å²) < 4.78 is 1.08. The van der Waals surface area contributed by atoms with Gasteiger partial charge in [0.1, 0.15) is 0 Å². The molecule has 0 radical (unpaired) electrons. The van der Waals surface area contributed by atoms with Crippen LogP contribution in [0.15, 0.2) is 28.7 Å². The molecule has 18 heavy (non-hydrogen) atoms. The van der Waals surface area contributed by atoms with E-state index in [0.717, 1.165) is 17.4 Å². The molecule has 0 spiro atoms. The number of amides is 1. The molecule has 1 unspecified atom stereocenters. The molecule has 0 aliphatic rings. The number of hydrogen-bond donors (Lipinski definition) is 1. The molecule has 0 aliphatic carbocycles. The summed E-state index contributed by atoms with van der Waals surface area (Å²) in [5.41, 5.74) is 6.76. The van der Waals surface area contributed by atoms with Gasteiger partial charge in [-0.05, 0) is 36.6 Å². The fourth-order valence-electron chi connectivity index (χ4n) is 1.61. The van der Waals surface area contributed by atoms with Gasteiger partial charge in [0.25, 0.3) is 0 Å². The van der Waals surface area contributed by atoms with E-state index in [2.05, 4.69) is 28.1 Å². The summed E-state index contributed by atoms with van der Waals surface area (Å²) in [5.74, 6) is 0.428. The van der Waals surface area contributed by atoms with Crippen LogP contribution in [-0.2, 0) is 11.2 Å². The third kappa shape index (κ3) is 5.19. The minimum Gasteiger partial charge on any atom is -0.345 e. The molecule has 1 atom stereocenters. The Bertz CT molecular complexity index is 378. The normalized spacial score (nSPS) is 12.2. The lowest BCUT2D eigenvalue weighted by Crippen LogP contribution is -2.31. The number of carbonyl (C=O) groups excluding carboxylic acids is 1. The molecule has 1 rings (SSSR count). The number of nitrogens with two attached hydrogens (primary N) is 1. The van der Waals surface area contributed by atoms with Crippen LogP contribution >= 0.6 is 15.9 Å². The Morgan fingerprint density at radius 2 is 2.00 bits per heavy atom. The highest BCUT2D eigenvalue weighted by Crippen LogP contribution is 2.11. The maximum absolute atomic E-state index is 11.9. The average molecular weight is 313 g/mol. The van der Waals surface area contributed by atoms with Crippen molar-refractivity contribution >= 4 is 21.8 Å². The summed E-state index contributed by atoms with van der Waals surface area (Å²) >= 11 is 3.41. The van der Waals surface area contributed by atoms with Crippen molar-refractivity contribution in [3.05, 3.63) is 34.3 Å². The fraction of sp³-hybridized carbons (Fsp3) is 0.500. The summed E-state index contributed by atoms with van der Waals surface area (Å²) in [6, 6.07) is 8.19. The minimum atomic E-state index is 0.171. The van der Waals surface area contributed by atoms with Crippen molar-refractivity contribution in [3.63, 3.8) is 0 Å². The van der Waals surface area contributed by atoms with Gasteiger partial charge >= 0.3 is 0 Å². The molecule has 0 saturated heterocycles. The van der Waals surface area contributed by atoms with Crippen LogP contribution in [0.25, 0.3) is 0 Å². The van der Waals surface area contributed by atoms with E-state index in [1.54, 1.807) is 4.90 Å². The molecule has 0 bridgehead atoms. The molecule has 3 nitrogen and oxygen atoms in total. The number of carbonyl (C=O) groups is 1. The average Bonchev–Trinajstić information content (AvgIpc) is 2.37. The number of nitrogens with zero attached hydrogens (tertiary/aromatic N) is 1. The van der Waals surface area contributed by atoms with Crippen molar-refractivity contribution in [1.82, 2.24) is 4.90 Å². The van der Waals surface area contributed by atoms with Gasteiger partial charge in [0, 0.05) is 24.5 Å². The Hall–Kier alpha value is -0.870. The van der Waals surface area contributed by atoms with Gasteiger partial charge in [0.15, 0.2) is 0 Å². The van der Waals surface area contributed by atoms with E-state index >= 15 is 0 Å². The highest BCUT2D eigenvalue weighted by molar-refractivity contribution is 9.10. The summed E-state index contributed by atoms with van der Waals surface area (Å²) in [6.07, 6.45) is 1.42. The largest absolute Gasteiger partial charge is 0.345 e. The van der Waals surface area contributed by atoms with Gasteiger partial charge in [0.2, 0.25) is 5.91 Å². The van der Waals surface area contributed by atoms with Crippen LogP contribution in [0.3, 0.4) is 0 Å². The first kappa shape index (κ1) is 15.2. The molecule has 1 aromatic rings. The summed E-state index contributed by atoms with van der Waals surface area (Å²) in [6.45, 7) is 3.31. The number of halogens is 1. The highest BCUT2D eigenvalue weighted by atomic mass is 79.9. The maximum Gasteiger partial charge on any atom is 0.222 e. The maximum atomic E-state index is 11.9. The Kier molecular flexibility index (Phi) is 6.36. The molecule has 0 fully saturated rings. The van der Waals surface area contributed by atoms with E-state index in [1.165, 1.54) is 5.56 Å². The Labute approximate surface area is 117 Å². The van der Waals surface area contributed by atoms with Crippen LogP contribution in [0.5, 0.6) is 0 Å². The molecule has 0 aromatic heterocycles. The zero-order valence-corrected chi connectivity index (χ0v) is 12.6. The molecule has 2 N–H and O–H groups in total. The van der Waals surface area contributed by atoms with Crippen molar-refractivity contribution in [2.45, 2.75) is 19.8 Å². The predicted octanol–water partition coefficient (Wildman–Crippen LogP) is 2.43. The first-order valence-corrected chi connectivity index (χ1v) is 7.00. The molecule has 1 aromatic carbocycles.